The van der Waals surface area contributed by atoms with Crippen LogP contribution in [0.25, 0.3) is 11.3 Å². The summed E-state index contributed by atoms with van der Waals surface area (Å²) < 4.78 is 0. The van der Waals surface area contributed by atoms with E-state index in [1.807, 2.05) is 0 Å². The summed E-state index contributed by atoms with van der Waals surface area (Å²) in [6.07, 6.45) is 0. The molecule has 0 amide bonds. The molecule has 0 saturated heterocycles. The molecule has 0 aliphatic carbocycles. The third kappa shape index (κ3) is 1.63. The van der Waals surface area contributed by atoms with E-state index in [0.717, 1.165) is 16.3 Å². The Morgan fingerprint density at radius 1 is 1.14 bits per heavy atom. The van der Waals surface area contributed by atoms with Gasteiger partial charge in [-0.05, 0) is 26.0 Å². The summed E-state index contributed by atoms with van der Waals surface area (Å²) >= 11 is 1.48. The molecular weight excluding hydrogens is 192 g/mol. The highest BCUT2D eigenvalue weighted by atomic mass is 32.1. The Kier molecular flexibility index (Phi) is 2.25. The van der Waals surface area contributed by atoms with Crippen molar-refractivity contribution in [1.82, 2.24) is 4.98 Å². The van der Waals surface area contributed by atoms with Crippen LogP contribution in [0.15, 0.2) is 23.7 Å². The van der Waals surface area contributed by atoms with Crippen LogP contribution in [0.5, 0.6) is 0 Å². The summed E-state index contributed by atoms with van der Waals surface area (Å²) in [5.41, 5.74) is 12.1. The molecule has 3 heteroatoms. The first-order chi connectivity index (χ1) is 6.66. The van der Waals surface area contributed by atoms with Gasteiger partial charge in [0.25, 0.3) is 0 Å². The van der Waals surface area contributed by atoms with Crippen LogP contribution in [-0.2, 0) is 0 Å². The van der Waals surface area contributed by atoms with Gasteiger partial charge < -0.3 is 5.73 Å². The van der Waals surface area contributed by atoms with Crippen molar-refractivity contribution in [2.24, 2.45) is 0 Å². The first kappa shape index (κ1) is 9.21. The molecule has 2 N–H and O–H groups in total. The monoisotopic (exact) mass is 204 g/mol. The summed E-state index contributed by atoms with van der Waals surface area (Å²) in [6, 6.07) is 6.36. The standard InChI is InChI=1S/C11H12N2S/c1-7-3-8(2)5-9(4-7)10-11(12)14-6-13-10/h3-6H,12H2,1-2H3. The normalized spacial score (nSPS) is 10.4. The second kappa shape index (κ2) is 3.42. The van der Waals surface area contributed by atoms with Crippen LogP contribution in [-0.4, -0.2) is 4.98 Å². The van der Waals surface area contributed by atoms with Gasteiger partial charge in [-0.1, -0.05) is 17.2 Å². The fraction of sp³-hybridized carbons (Fsp3) is 0.182. The number of hydrogen-bond acceptors (Lipinski definition) is 3. The van der Waals surface area contributed by atoms with Crippen LogP contribution in [0.2, 0.25) is 0 Å². The predicted molar refractivity (Wildman–Crippen MR) is 61.4 cm³/mol. The second-order valence-corrected chi connectivity index (χ2v) is 4.33. The minimum Gasteiger partial charge on any atom is -0.389 e. The first-order valence-electron chi connectivity index (χ1n) is 4.44. The highest BCUT2D eigenvalue weighted by Gasteiger charge is 2.05. The van der Waals surface area contributed by atoms with Crippen molar-refractivity contribution >= 4 is 16.3 Å². The molecule has 1 aromatic heterocycles. The number of anilines is 1. The van der Waals surface area contributed by atoms with Crippen molar-refractivity contribution in [3.63, 3.8) is 0 Å². The van der Waals surface area contributed by atoms with E-state index >= 15 is 0 Å². The lowest BCUT2D eigenvalue weighted by Crippen LogP contribution is -1.87. The summed E-state index contributed by atoms with van der Waals surface area (Å²) in [7, 11) is 0. The van der Waals surface area contributed by atoms with E-state index in [0.29, 0.717) is 0 Å². The van der Waals surface area contributed by atoms with Gasteiger partial charge in [0.2, 0.25) is 0 Å². The highest BCUT2D eigenvalue weighted by Crippen LogP contribution is 2.28. The largest absolute Gasteiger partial charge is 0.389 e. The molecular formula is C11H12N2S. The lowest BCUT2D eigenvalue weighted by atomic mass is 10.1. The number of nitrogens with two attached hydrogens (primary N) is 1. The maximum atomic E-state index is 5.83. The van der Waals surface area contributed by atoms with Gasteiger partial charge >= 0.3 is 0 Å². The molecule has 0 atom stereocenters. The van der Waals surface area contributed by atoms with Crippen molar-refractivity contribution < 1.29 is 0 Å². The quantitative estimate of drug-likeness (QED) is 0.775. The zero-order valence-corrected chi connectivity index (χ0v) is 9.06. The fourth-order valence-electron chi connectivity index (χ4n) is 1.58. The molecule has 0 aliphatic rings. The minimum atomic E-state index is 0.787. The van der Waals surface area contributed by atoms with Gasteiger partial charge in [0.05, 0.1) is 5.51 Å². The van der Waals surface area contributed by atoms with E-state index in [-0.39, 0.29) is 0 Å². The molecule has 2 nitrogen and oxygen atoms in total. The molecule has 1 heterocycles. The molecule has 0 radical (unpaired) electrons. The first-order valence-corrected chi connectivity index (χ1v) is 5.32. The lowest BCUT2D eigenvalue weighted by molar-refractivity contribution is 1.35. The van der Waals surface area contributed by atoms with E-state index < -0.39 is 0 Å². The molecule has 0 aliphatic heterocycles. The molecule has 72 valence electrons. The lowest BCUT2D eigenvalue weighted by Gasteiger charge is -2.02. The molecule has 0 bridgehead atoms. The predicted octanol–water partition coefficient (Wildman–Crippen LogP) is 3.01. The number of thiazole rings is 1. The zero-order chi connectivity index (χ0) is 10.1. The third-order valence-corrected chi connectivity index (χ3v) is 2.75. The summed E-state index contributed by atoms with van der Waals surface area (Å²) in [6.45, 7) is 4.16. The number of benzene rings is 1. The second-order valence-electron chi connectivity index (χ2n) is 3.44. The molecule has 0 spiro atoms. The van der Waals surface area contributed by atoms with Crippen LogP contribution in [0.3, 0.4) is 0 Å². The van der Waals surface area contributed by atoms with E-state index in [1.165, 1.54) is 22.5 Å². The average molecular weight is 204 g/mol. The van der Waals surface area contributed by atoms with Gasteiger partial charge in [-0.2, -0.15) is 0 Å². The van der Waals surface area contributed by atoms with Crippen molar-refractivity contribution in [2.45, 2.75) is 13.8 Å². The molecule has 1 aromatic carbocycles. The van der Waals surface area contributed by atoms with Gasteiger partial charge in [0, 0.05) is 5.56 Å². The molecule has 0 unspecified atom stereocenters. The minimum absolute atomic E-state index is 0.787. The maximum Gasteiger partial charge on any atom is 0.114 e. The third-order valence-electron chi connectivity index (χ3n) is 2.09. The van der Waals surface area contributed by atoms with Crippen molar-refractivity contribution in [3.8, 4) is 11.3 Å². The van der Waals surface area contributed by atoms with E-state index in [4.69, 9.17) is 5.73 Å². The smallest absolute Gasteiger partial charge is 0.114 e. The molecule has 2 aromatic rings. The van der Waals surface area contributed by atoms with Crippen LogP contribution in [0, 0.1) is 13.8 Å². The molecule has 14 heavy (non-hydrogen) atoms. The molecule has 2 rings (SSSR count). The maximum absolute atomic E-state index is 5.83. The van der Waals surface area contributed by atoms with E-state index in [2.05, 4.69) is 37.0 Å². The van der Waals surface area contributed by atoms with Gasteiger partial charge in [-0.3, -0.25) is 0 Å². The van der Waals surface area contributed by atoms with Crippen LogP contribution >= 0.6 is 11.3 Å². The Morgan fingerprint density at radius 3 is 2.29 bits per heavy atom. The fourth-order valence-corrected chi connectivity index (χ4v) is 2.14. The number of aryl methyl sites for hydroxylation is 2. The van der Waals surface area contributed by atoms with E-state index in [1.54, 1.807) is 5.51 Å². The van der Waals surface area contributed by atoms with Crippen molar-refractivity contribution in [3.05, 3.63) is 34.8 Å². The number of nitrogens with zero attached hydrogens (tertiary/aromatic N) is 1. The van der Waals surface area contributed by atoms with Gasteiger partial charge in [0.1, 0.15) is 10.7 Å². The Bertz CT molecular complexity index is 440. The topological polar surface area (TPSA) is 38.9 Å². The number of hydrogen-bond donors (Lipinski definition) is 1. The summed E-state index contributed by atoms with van der Waals surface area (Å²) in [5, 5.41) is 0.787. The average Bonchev–Trinajstić information content (AvgIpc) is 2.49. The SMILES string of the molecule is Cc1cc(C)cc(-c2ncsc2N)c1. The van der Waals surface area contributed by atoms with Gasteiger partial charge in [-0.25, -0.2) is 4.98 Å². The van der Waals surface area contributed by atoms with Crippen LogP contribution < -0.4 is 5.73 Å². The van der Waals surface area contributed by atoms with Crippen molar-refractivity contribution in [2.75, 3.05) is 5.73 Å². The van der Waals surface area contributed by atoms with E-state index in [9.17, 15) is 0 Å². The number of rotatable bonds is 1. The Balaban J connectivity index is 2.57. The number of nitrogen functional groups attached to an aromatic ring is 1. The highest BCUT2D eigenvalue weighted by molar-refractivity contribution is 7.14. The van der Waals surface area contributed by atoms with Crippen LogP contribution in [0.4, 0.5) is 5.00 Å². The number of aromatic nitrogens is 1. The Labute approximate surface area is 87.4 Å². The Hall–Kier alpha value is -1.35. The van der Waals surface area contributed by atoms with Gasteiger partial charge in [0.15, 0.2) is 0 Å². The molecule has 0 fully saturated rings. The van der Waals surface area contributed by atoms with Crippen molar-refractivity contribution in [1.29, 1.82) is 0 Å². The Morgan fingerprint density at radius 2 is 1.79 bits per heavy atom. The van der Waals surface area contributed by atoms with Crippen LogP contribution in [0.1, 0.15) is 11.1 Å². The summed E-state index contributed by atoms with van der Waals surface area (Å²) in [4.78, 5) is 4.26. The van der Waals surface area contributed by atoms with Gasteiger partial charge in [-0.15, -0.1) is 11.3 Å². The zero-order valence-electron chi connectivity index (χ0n) is 8.24. The summed E-state index contributed by atoms with van der Waals surface area (Å²) in [5.74, 6) is 0. The molecule has 0 saturated carbocycles.